The Bertz CT molecular complexity index is 735. The fourth-order valence-corrected chi connectivity index (χ4v) is 5.51. The SMILES string of the molecule is O=C(CCCS(=O)(=O)N1CCCC1)N1CCNCC1c1ccccc1Cl. The van der Waals surface area contributed by atoms with E-state index in [-0.39, 0.29) is 24.1 Å². The van der Waals surface area contributed by atoms with Crippen LogP contribution in [0.1, 0.15) is 37.3 Å². The molecule has 0 radical (unpaired) electrons. The van der Waals surface area contributed by atoms with E-state index in [4.69, 9.17) is 11.6 Å². The number of carbonyl (C=O) groups is 1. The van der Waals surface area contributed by atoms with Crippen molar-refractivity contribution in [2.45, 2.75) is 31.7 Å². The maximum Gasteiger partial charge on any atom is 0.223 e. The van der Waals surface area contributed by atoms with Crippen molar-refractivity contribution in [1.82, 2.24) is 14.5 Å². The molecule has 1 unspecified atom stereocenters. The molecule has 0 saturated carbocycles. The first-order valence-electron chi connectivity index (χ1n) is 9.21. The Hall–Kier alpha value is -1.15. The highest BCUT2D eigenvalue weighted by molar-refractivity contribution is 7.89. The third-order valence-electron chi connectivity index (χ3n) is 5.08. The van der Waals surface area contributed by atoms with Crippen LogP contribution in [-0.4, -0.2) is 62.0 Å². The van der Waals surface area contributed by atoms with Crippen LogP contribution in [0.3, 0.4) is 0 Å². The van der Waals surface area contributed by atoms with Gasteiger partial charge in [-0.2, -0.15) is 0 Å². The molecule has 2 fully saturated rings. The second-order valence-electron chi connectivity index (χ2n) is 6.85. The second kappa shape index (κ2) is 8.69. The van der Waals surface area contributed by atoms with Crippen LogP contribution in [0.15, 0.2) is 24.3 Å². The summed E-state index contributed by atoms with van der Waals surface area (Å²) in [4.78, 5) is 14.6. The van der Waals surface area contributed by atoms with Gasteiger partial charge in [0.2, 0.25) is 15.9 Å². The highest BCUT2D eigenvalue weighted by atomic mass is 35.5. The number of amides is 1. The zero-order chi connectivity index (χ0) is 18.6. The first-order valence-corrected chi connectivity index (χ1v) is 11.2. The van der Waals surface area contributed by atoms with Crippen molar-refractivity contribution in [3.63, 3.8) is 0 Å². The Kier molecular flexibility index (Phi) is 6.55. The van der Waals surface area contributed by atoms with E-state index in [2.05, 4.69) is 5.32 Å². The lowest BCUT2D eigenvalue weighted by molar-refractivity contribution is -0.134. The zero-order valence-electron chi connectivity index (χ0n) is 14.9. The van der Waals surface area contributed by atoms with Gasteiger partial charge in [-0.3, -0.25) is 4.79 Å². The third-order valence-corrected chi connectivity index (χ3v) is 7.38. The molecule has 2 aliphatic heterocycles. The molecule has 2 heterocycles. The van der Waals surface area contributed by atoms with Crippen LogP contribution < -0.4 is 5.32 Å². The normalized spacial score (nSPS) is 21.9. The Labute approximate surface area is 160 Å². The summed E-state index contributed by atoms with van der Waals surface area (Å²) in [5, 5.41) is 3.96. The number of piperazine rings is 1. The fraction of sp³-hybridized carbons (Fsp3) is 0.611. The van der Waals surface area contributed by atoms with Crippen LogP contribution in [0.5, 0.6) is 0 Å². The number of hydrogen-bond donors (Lipinski definition) is 1. The van der Waals surface area contributed by atoms with E-state index in [9.17, 15) is 13.2 Å². The van der Waals surface area contributed by atoms with Crippen molar-refractivity contribution >= 4 is 27.5 Å². The molecule has 2 aliphatic rings. The fourth-order valence-electron chi connectivity index (χ4n) is 3.67. The topological polar surface area (TPSA) is 69.7 Å². The predicted molar refractivity (Wildman–Crippen MR) is 103 cm³/mol. The number of carbonyl (C=O) groups excluding carboxylic acids is 1. The summed E-state index contributed by atoms with van der Waals surface area (Å²) >= 11 is 6.31. The number of sulfonamides is 1. The van der Waals surface area contributed by atoms with Crippen molar-refractivity contribution in [3.05, 3.63) is 34.9 Å². The summed E-state index contributed by atoms with van der Waals surface area (Å²) in [6.45, 7) is 3.22. The summed E-state index contributed by atoms with van der Waals surface area (Å²) in [7, 11) is -3.23. The van der Waals surface area contributed by atoms with Gasteiger partial charge >= 0.3 is 0 Å². The Morgan fingerprint density at radius 2 is 1.92 bits per heavy atom. The molecular weight excluding hydrogens is 374 g/mol. The summed E-state index contributed by atoms with van der Waals surface area (Å²) in [5.74, 6) is 0.0368. The Balaban J connectivity index is 1.59. The molecule has 0 bridgehead atoms. The van der Waals surface area contributed by atoms with Gasteiger partial charge in [-0.1, -0.05) is 29.8 Å². The van der Waals surface area contributed by atoms with Gasteiger partial charge in [0.1, 0.15) is 0 Å². The Morgan fingerprint density at radius 3 is 2.65 bits per heavy atom. The molecule has 1 N–H and O–H groups in total. The quantitative estimate of drug-likeness (QED) is 0.794. The molecule has 1 amide bonds. The predicted octanol–water partition coefficient (Wildman–Crippen LogP) is 2.02. The molecule has 0 spiro atoms. The standard InChI is InChI=1S/C18H26ClN3O3S/c19-16-7-2-1-6-15(16)17-14-20-9-12-22(17)18(23)8-5-13-26(24,25)21-10-3-4-11-21/h1-2,6-7,17,20H,3-5,8-14H2. The lowest BCUT2D eigenvalue weighted by atomic mass is 10.0. The largest absolute Gasteiger partial charge is 0.333 e. The Morgan fingerprint density at radius 1 is 1.19 bits per heavy atom. The highest BCUT2D eigenvalue weighted by Crippen LogP contribution is 2.29. The average molecular weight is 400 g/mol. The minimum atomic E-state index is -3.23. The molecule has 0 aliphatic carbocycles. The van der Waals surface area contributed by atoms with E-state index in [0.29, 0.717) is 37.6 Å². The van der Waals surface area contributed by atoms with Crippen molar-refractivity contribution in [2.75, 3.05) is 38.5 Å². The van der Waals surface area contributed by atoms with Crippen LogP contribution >= 0.6 is 11.6 Å². The molecule has 0 aromatic heterocycles. The van der Waals surface area contributed by atoms with Gasteiger partial charge in [-0.05, 0) is 30.9 Å². The van der Waals surface area contributed by atoms with Crippen molar-refractivity contribution in [1.29, 1.82) is 0 Å². The summed E-state index contributed by atoms with van der Waals surface area (Å²) in [6, 6.07) is 7.45. The van der Waals surface area contributed by atoms with E-state index in [0.717, 1.165) is 24.9 Å². The van der Waals surface area contributed by atoms with Gasteiger partial charge in [0, 0.05) is 44.2 Å². The summed E-state index contributed by atoms with van der Waals surface area (Å²) in [5.41, 5.74) is 0.930. The van der Waals surface area contributed by atoms with Crippen LogP contribution in [0.25, 0.3) is 0 Å². The molecule has 1 aromatic rings. The molecule has 1 atom stereocenters. The monoisotopic (exact) mass is 399 g/mol. The maximum absolute atomic E-state index is 12.7. The van der Waals surface area contributed by atoms with Gasteiger partial charge in [0.05, 0.1) is 11.8 Å². The van der Waals surface area contributed by atoms with Gasteiger partial charge in [0.15, 0.2) is 0 Å². The molecule has 144 valence electrons. The average Bonchev–Trinajstić information content (AvgIpc) is 3.18. The van der Waals surface area contributed by atoms with Gasteiger partial charge in [-0.15, -0.1) is 0 Å². The number of hydrogen-bond acceptors (Lipinski definition) is 4. The van der Waals surface area contributed by atoms with E-state index in [1.54, 1.807) is 4.31 Å². The summed E-state index contributed by atoms with van der Waals surface area (Å²) in [6.07, 6.45) is 2.46. The number of rotatable bonds is 6. The van der Waals surface area contributed by atoms with Gasteiger partial charge < -0.3 is 10.2 Å². The molecule has 3 rings (SSSR count). The van der Waals surface area contributed by atoms with Crippen molar-refractivity contribution in [3.8, 4) is 0 Å². The van der Waals surface area contributed by atoms with E-state index < -0.39 is 10.0 Å². The summed E-state index contributed by atoms with van der Waals surface area (Å²) < 4.78 is 26.1. The van der Waals surface area contributed by atoms with E-state index in [1.165, 1.54) is 0 Å². The lowest BCUT2D eigenvalue weighted by Crippen LogP contribution is -2.48. The molecule has 2 saturated heterocycles. The van der Waals surface area contributed by atoms with Crippen molar-refractivity contribution in [2.24, 2.45) is 0 Å². The first kappa shape index (κ1) is 19.6. The minimum Gasteiger partial charge on any atom is -0.333 e. The smallest absolute Gasteiger partial charge is 0.223 e. The molecule has 1 aromatic carbocycles. The maximum atomic E-state index is 12.7. The van der Waals surface area contributed by atoms with E-state index >= 15 is 0 Å². The zero-order valence-corrected chi connectivity index (χ0v) is 16.4. The second-order valence-corrected chi connectivity index (χ2v) is 9.35. The minimum absolute atomic E-state index is 0.00644. The molecular formula is C18H26ClN3O3S. The molecule has 8 heteroatoms. The van der Waals surface area contributed by atoms with E-state index in [1.807, 2.05) is 29.2 Å². The molecule has 6 nitrogen and oxygen atoms in total. The van der Waals surface area contributed by atoms with Gasteiger partial charge in [-0.25, -0.2) is 12.7 Å². The third kappa shape index (κ3) is 4.57. The number of nitrogens with zero attached hydrogens (tertiary/aromatic N) is 2. The highest BCUT2D eigenvalue weighted by Gasteiger charge is 2.30. The van der Waals surface area contributed by atoms with Crippen LogP contribution in [0.4, 0.5) is 0 Å². The van der Waals surface area contributed by atoms with Gasteiger partial charge in [0.25, 0.3) is 0 Å². The lowest BCUT2D eigenvalue weighted by Gasteiger charge is -2.37. The first-order chi connectivity index (χ1) is 12.5. The van der Waals surface area contributed by atoms with Crippen LogP contribution in [-0.2, 0) is 14.8 Å². The number of halogens is 1. The number of nitrogens with one attached hydrogen (secondary N) is 1. The molecule has 26 heavy (non-hydrogen) atoms. The van der Waals surface area contributed by atoms with Crippen molar-refractivity contribution < 1.29 is 13.2 Å². The number of benzene rings is 1. The van der Waals surface area contributed by atoms with Crippen LogP contribution in [0.2, 0.25) is 5.02 Å². The van der Waals surface area contributed by atoms with Crippen LogP contribution in [0, 0.1) is 0 Å².